The van der Waals surface area contributed by atoms with Crippen LogP contribution in [0.2, 0.25) is 5.02 Å². The maximum absolute atomic E-state index is 13.6. The summed E-state index contributed by atoms with van der Waals surface area (Å²) in [5, 5.41) is 0.454. The molecule has 1 heterocycles. The highest BCUT2D eigenvalue weighted by molar-refractivity contribution is 7.92. The smallest absolute Gasteiger partial charge is 0.264 e. The first-order chi connectivity index (χ1) is 16.3. The standard InChI is InChI=1S/C27H29ClN2O3S/c1-21-7-5-6-10-26(21)30(34(32,33)25-13-11-24(28)12-14-25)20-27(31)29-17-15-23(16-18-29)19-22-8-3-2-4-9-22/h2-14,23H,15-20H2,1H3. The van der Waals surface area contributed by atoms with Gasteiger partial charge < -0.3 is 4.90 Å². The lowest BCUT2D eigenvalue weighted by molar-refractivity contribution is -0.130. The molecule has 34 heavy (non-hydrogen) atoms. The summed E-state index contributed by atoms with van der Waals surface area (Å²) >= 11 is 5.96. The van der Waals surface area contributed by atoms with Gasteiger partial charge in [0, 0.05) is 18.1 Å². The fourth-order valence-corrected chi connectivity index (χ4v) is 6.04. The van der Waals surface area contributed by atoms with E-state index in [0.29, 0.717) is 29.7 Å². The van der Waals surface area contributed by atoms with Crippen molar-refractivity contribution in [2.45, 2.75) is 31.1 Å². The van der Waals surface area contributed by atoms with E-state index in [1.807, 2.05) is 25.1 Å². The van der Waals surface area contributed by atoms with Gasteiger partial charge in [-0.1, -0.05) is 60.1 Å². The van der Waals surface area contributed by atoms with Crippen molar-refractivity contribution in [3.8, 4) is 0 Å². The topological polar surface area (TPSA) is 57.7 Å². The van der Waals surface area contributed by atoms with Gasteiger partial charge in [0.05, 0.1) is 10.6 Å². The molecule has 0 unspecified atom stereocenters. The van der Waals surface area contributed by atoms with Gasteiger partial charge in [0.15, 0.2) is 0 Å². The van der Waals surface area contributed by atoms with Gasteiger partial charge in [-0.3, -0.25) is 9.10 Å². The van der Waals surface area contributed by atoms with Crippen LogP contribution in [0.15, 0.2) is 83.8 Å². The molecule has 1 fully saturated rings. The van der Waals surface area contributed by atoms with Gasteiger partial charge in [0.25, 0.3) is 10.0 Å². The molecule has 0 spiro atoms. The number of nitrogens with zero attached hydrogens (tertiary/aromatic N) is 2. The summed E-state index contributed by atoms with van der Waals surface area (Å²) < 4.78 is 28.4. The van der Waals surface area contributed by atoms with Crippen molar-refractivity contribution in [2.75, 3.05) is 23.9 Å². The number of rotatable bonds is 7. The van der Waals surface area contributed by atoms with E-state index in [2.05, 4.69) is 24.3 Å². The quantitative estimate of drug-likeness (QED) is 0.444. The minimum Gasteiger partial charge on any atom is -0.341 e. The number of sulfonamides is 1. The Hall–Kier alpha value is -2.83. The fourth-order valence-electron chi connectivity index (χ4n) is 4.43. The Kier molecular flexibility index (Phi) is 7.59. The Labute approximate surface area is 207 Å². The molecule has 3 aromatic carbocycles. The molecule has 1 aliphatic rings. The third-order valence-corrected chi connectivity index (χ3v) is 8.43. The second-order valence-electron chi connectivity index (χ2n) is 8.77. The monoisotopic (exact) mass is 496 g/mol. The second-order valence-corrected chi connectivity index (χ2v) is 11.1. The number of carbonyl (C=O) groups excluding carboxylic acids is 1. The normalized spacial score (nSPS) is 14.7. The Bertz CT molecular complexity index is 1220. The molecule has 0 bridgehead atoms. The van der Waals surface area contributed by atoms with E-state index < -0.39 is 10.0 Å². The van der Waals surface area contributed by atoms with Crippen molar-refractivity contribution in [1.29, 1.82) is 0 Å². The summed E-state index contributed by atoms with van der Waals surface area (Å²) in [5.74, 6) is 0.343. The molecule has 1 saturated heterocycles. The van der Waals surface area contributed by atoms with Gasteiger partial charge in [-0.15, -0.1) is 0 Å². The van der Waals surface area contributed by atoms with Gasteiger partial charge in [0.2, 0.25) is 5.91 Å². The predicted molar refractivity (Wildman–Crippen MR) is 137 cm³/mol. The average molecular weight is 497 g/mol. The molecule has 0 radical (unpaired) electrons. The summed E-state index contributed by atoms with van der Waals surface area (Å²) in [7, 11) is -3.95. The van der Waals surface area contributed by atoms with Gasteiger partial charge in [-0.25, -0.2) is 8.42 Å². The van der Waals surface area contributed by atoms with E-state index >= 15 is 0 Å². The first kappa shape index (κ1) is 24.3. The van der Waals surface area contributed by atoms with Crippen LogP contribution in [0, 0.1) is 12.8 Å². The number of aryl methyl sites for hydroxylation is 1. The maximum atomic E-state index is 13.6. The van der Waals surface area contributed by atoms with Crippen LogP contribution in [-0.2, 0) is 21.2 Å². The number of benzene rings is 3. The minimum absolute atomic E-state index is 0.106. The molecule has 4 rings (SSSR count). The summed E-state index contributed by atoms with van der Waals surface area (Å²) in [6.07, 6.45) is 2.83. The molecule has 7 heteroatoms. The zero-order chi connectivity index (χ0) is 24.1. The van der Waals surface area contributed by atoms with E-state index in [4.69, 9.17) is 11.6 Å². The SMILES string of the molecule is Cc1ccccc1N(CC(=O)N1CCC(Cc2ccccc2)CC1)S(=O)(=O)c1ccc(Cl)cc1. The summed E-state index contributed by atoms with van der Waals surface area (Å²) in [6, 6.07) is 23.7. The number of hydrogen-bond acceptors (Lipinski definition) is 3. The van der Waals surface area contributed by atoms with Crippen LogP contribution in [0.3, 0.4) is 0 Å². The molecule has 178 valence electrons. The van der Waals surface area contributed by atoms with Crippen LogP contribution < -0.4 is 4.31 Å². The van der Waals surface area contributed by atoms with E-state index in [0.717, 1.165) is 24.8 Å². The predicted octanol–water partition coefficient (Wildman–Crippen LogP) is 5.33. The van der Waals surface area contributed by atoms with Gasteiger partial charge in [-0.05, 0) is 73.6 Å². The Morgan fingerprint density at radius 3 is 2.21 bits per heavy atom. The van der Waals surface area contributed by atoms with E-state index in [1.54, 1.807) is 29.2 Å². The number of para-hydroxylation sites is 1. The molecular weight excluding hydrogens is 468 g/mol. The van der Waals surface area contributed by atoms with Crippen molar-refractivity contribution in [1.82, 2.24) is 4.90 Å². The highest BCUT2D eigenvalue weighted by atomic mass is 35.5. The van der Waals surface area contributed by atoms with Crippen molar-refractivity contribution < 1.29 is 13.2 Å². The summed E-state index contributed by atoms with van der Waals surface area (Å²) in [5.41, 5.74) is 2.60. The maximum Gasteiger partial charge on any atom is 0.264 e. The minimum atomic E-state index is -3.95. The third kappa shape index (κ3) is 5.62. The summed E-state index contributed by atoms with van der Waals surface area (Å²) in [4.78, 5) is 15.2. The Morgan fingerprint density at radius 2 is 1.56 bits per heavy atom. The first-order valence-corrected chi connectivity index (χ1v) is 13.3. The van der Waals surface area contributed by atoms with E-state index in [9.17, 15) is 13.2 Å². The molecule has 0 N–H and O–H groups in total. The van der Waals surface area contributed by atoms with Crippen molar-refractivity contribution in [3.63, 3.8) is 0 Å². The van der Waals surface area contributed by atoms with Gasteiger partial charge >= 0.3 is 0 Å². The number of amides is 1. The van der Waals surface area contributed by atoms with Gasteiger partial charge in [-0.2, -0.15) is 0 Å². The van der Waals surface area contributed by atoms with Crippen LogP contribution >= 0.6 is 11.6 Å². The number of carbonyl (C=O) groups is 1. The van der Waals surface area contributed by atoms with Crippen LogP contribution in [0.25, 0.3) is 0 Å². The number of anilines is 1. The summed E-state index contributed by atoms with van der Waals surface area (Å²) in [6.45, 7) is 2.89. The molecule has 5 nitrogen and oxygen atoms in total. The zero-order valence-electron chi connectivity index (χ0n) is 19.2. The average Bonchev–Trinajstić information content (AvgIpc) is 2.84. The van der Waals surface area contributed by atoms with Crippen LogP contribution in [0.1, 0.15) is 24.0 Å². The largest absolute Gasteiger partial charge is 0.341 e. The lowest BCUT2D eigenvalue weighted by Crippen LogP contribution is -2.46. The second kappa shape index (κ2) is 10.6. The van der Waals surface area contributed by atoms with E-state index in [-0.39, 0.29) is 17.3 Å². The molecule has 0 aliphatic carbocycles. The Balaban J connectivity index is 1.50. The number of likely N-dealkylation sites (tertiary alicyclic amines) is 1. The van der Waals surface area contributed by atoms with Crippen LogP contribution in [0.4, 0.5) is 5.69 Å². The highest BCUT2D eigenvalue weighted by Crippen LogP contribution is 2.28. The molecule has 1 aliphatic heterocycles. The molecule has 3 aromatic rings. The van der Waals surface area contributed by atoms with Crippen molar-refractivity contribution in [2.24, 2.45) is 5.92 Å². The van der Waals surface area contributed by atoms with E-state index in [1.165, 1.54) is 22.0 Å². The number of piperidine rings is 1. The molecule has 0 atom stereocenters. The number of hydrogen-bond donors (Lipinski definition) is 0. The third-order valence-electron chi connectivity index (χ3n) is 6.40. The highest BCUT2D eigenvalue weighted by Gasteiger charge is 2.31. The Morgan fingerprint density at radius 1 is 0.941 bits per heavy atom. The number of halogens is 1. The van der Waals surface area contributed by atoms with Crippen LogP contribution in [-0.4, -0.2) is 38.9 Å². The molecular formula is C27H29ClN2O3S. The van der Waals surface area contributed by atoms with Gasteiger partial charge in [0.1, 0.15) is 6.54 Å². The lowest BCUT2D eigenvalue weighted by Gasteiger charge is -2.34. The first-order valence-electron chi connectivity index (χ1n) is 11.5. The fraction of sp³-hybridized carbons (Fsp3) is 0.296. The zero-order valence-corrected chi connectivity index (χ0v) is 20.8. The van der Waals surface area contributed by atoms with Crippen molar-refractivity contribution in [3.05, 3.63) is 95.0 Å². The molecule has 1 amide bonds. The van der Waals surface area contributed by atoms with Crippen LogP contribution in [0.5, 0.6) is 0 Å². The molecule has 0 saturated carbocycles. The molecule has 0 aromatic heterocycles. The lowest BCUT2D eigenvalue weighted by atomic mass is 9.90. The van der Waals surface area contributed by atoms with Crippen molar-refractivity contribution >= 4 is 33.2 Å².